The van der Waals surface area contributed by atoms with E-state index in [1.54, 1.807) is 18.3 Å². The summed E-state index contributed by atoms with van der Waals surface area (Å²) in [4.78, 5) is 32.0. The van der Waals surface area contributed by atoms with Gasteiger partial charge in [0, 0.05) is 35.8 Å². The summed E-state index contributed by atoms with van der Waals surface area (Å²) in [7, 11) is 0. The van der Waals surface area contributed by atoms with E-state index in [9.17, 15) is 9.59 Å². The molecule has 3 aromatic rings. The number of unbranched alkanes of at least 4 members (excludes halogenated alkanes) is 1. The Morgan fingerprint density at radius 2 is 1.90 bits per heavy atom. The number of hydrogen-bond acceptors (Lipinski definition) is 4. The second kappa shape index (κ2) is 8.79. The van der Waals surface area contributed by atoms with Crippen molar-refractivity contribution >= 4 is 33.4 Å². The highest BCUT2D eigenvalue weighted by atomic mass is 32.1. The van der Waals surface area contributed by atoms with Crippen LogP contribution >= 0.6 is 11.3 Å². The molecule has 1 aliphatic rings. The Labute approximate surface area is 186 Å². The van der Waals surface area contributed by atoms with Crippen molar-refractivity contribution in [3.63, 3.8) is 0 Å². The summed E-state index contributed by atoms with van der Waals surface area (Å²) in [5.74, 6) is -0.629. The van der Waals surface area contributed by atoms with Gasteiger partial charge in [-0.05, 0) is 61.8 Å². The zero-order chi connectivity index (χ0) is 22.1. The van der Waals surface area contributed by atoms with E-state index >= 15 is 0 Å². The minimum atomic E-state index is -0.744. The standard InChI is InChI=1S/C25H28N2O3S/c1-15-8-10-18(11-9-15)23-19(6-4-5-7-22(29)30)16(2)26-25-24(23)20-12-13-27(17(3)28)14-21(20)31-25/h8-11H,4-7,12-14H2,1-3H3,(H,29,30). The van der Waals surface area contributed by atoms with E-state index in [2.05, 4.69) is 38.1 Å². The van der Waals surface area contributed by atoms with Gasteiger partial charge in [0.25, 0.3) is 0 Å². The molecule has 0 saturated carbocycles. The zero-order valence-electron chi connectivity index (χ0n) is 18.3. The normalized spacial score (nSPS) is 13.5. The maximum absolute atomic E-state index is 11.9. The van der Waals surface area contributed by atoms with Crippen LogP contribution in [0.1, 0.15) is 53.4 Å². The van der Waals surface area contributed by atoms with Crippen LogP contribution in [-0.4, -0.2) is 33.4 Å². The maximum Gasteiger partial charge on any atom is 0.303 e. The van der Waals surface area contributed by atoms with Crippen LogP contribution in [0.4, 0.5) is 0 Å². The molecular weight excluding hydrogens is 408 g/mol. The van der Waals surface area contributed by atoms with Crippen molar-refractivity contribution < 1.29 is 14.7 Å². The number of fused-ring (bicyclic) bond motifs is 3. The Bertz CT molecular complexity index is 1150. The minimum absolute atomic E-state index is 0.116. The monoisotopic (exact) mass is 436 g/mol. The third-order valence-corrected chi connectivity index (χ3v) is 7.26. The van der Waals surface area contributed by atoms with Gasteiger partial charge >= 0.3 is 5.97 Å². The van der Waals surface area contributed by atoms with E-state index in [0.29, 0.717) is 13.0 Å². The molecule has 0 spiro atoms. The molecule has 1 amide bonds. The zero-order valence-corrected chi connectivity index (χ0v) is 19.1. The first kappa shape index (κ1) is 21.5. The van der Waals surface area contributed by atoms with Crippen LogP contribution < -0.4 is 0 Å². The molecule has 31 heavy (non-hydrogen) atoms. The third kappa shape index (κ3) is 4.35. The van der Waals surface area contributed by atoms with Crippen LogP contribution in [0.3, 0.4) is 0 Å². The molecule has 0 atom stereocenters. The number of thiophene rings is 1. The Hall–Kier alpha value is -2.73. The number of carboxylic acids is 1. The summed E-state index contributed by atoms with van der Waals surface area (Å²) in [5.41, 5.74) is 7.21. The fraction of sp³-hybridized carbons (Fsp3) is 0.400. The lowest BCUT2D eigenvalue weighted by Crippen LogP contribution is -2.33. The number of carbonyl (C=O) groups is 2. The number of benzene rings is 1. The molecule has 1 aromatic carbocycles. The van der Waals surface area contributed by atoms with Crippen molar-refractivity contribution in [1.29, 1.82) is 0 Å². The predicted molar refractivity (Wildman–Crippen MR) is 125 cm³/mol. The molecule has 2 aromatic heterocycles. The first-order valence-electron chi connectivity index (χ1n) is 10.8. The van der Waals surface area contributed by atoms with E-state index in [-0.39, 0.29) is 12.3 Å². The second-order valence-electron chi connectivity index (χ2n) is 8.39. The van der Waals surface area contributed by atoms with E-state index < -0.39 is 5.97 Å². The average molecular weight is 437 g/mol. The van der Waals surface area contributed by atoms with Crippen molar-refractivity contribution in [2.75, 3.05) is 6.54 Å². The lowest BCUT2D eigenvalue weighted by molar-refractivity contribution is -0.137. The third-order valence-electron chi connectivity index (χ3n) is 6.15. The Kier molecular flexibility index (Phi) is 6.10. The summed E-state index contributed by atoms with van der Waals surface area (Å²) in [6.07, 6.45) is 3.34. The summed E-state index contributed by atoms with van der Waals surface area (Å²) in [5, 5.41) is 10.2. The molecule has 4 rings (SSSR count). The number of hydrogen-bond donors (Lipinski definition) is 1. The fourth-order valence-corrected chi connectivity index (χ4v) is 5.76. The Morgan fingerprint density at radius 3 is 2.58 bits per heavy atom. The van der Waals surface area contributed by atoms with Gasteiger partial charge in [0.1, 0.15) is 4.83 Å². The quantitative estimate of drug-likeness (QED) is 0.534. The molecule has 0 aliphatic carbocycles. The van der Waals surface area contributed by atoms with Gasteiger partial charge in [-0.2, -0.15) is 0 Å². The van der Waals surface area contributed by atoms with Gasteiger partial charge in [0.05, 0.1) is 6.54 Å². The minimum Gasteiger partial charge on any atom is -0.481 e. The summed E-state index contributed by atoms with van der Waals surface area (Å²) in [6, 6.07) is 8.64. The van der Waals surface area contributed by atoms with E-state index in [0.717, 1.165) is 36.3 Å². The van der Waals surface area contributed by atoms with E-state index in [1.165, 1.54) is 38.1 Å². The van der Waals surface area contributed by atoms with Gasteiger partial charge in [-0.3, -0.25) is 9.59 Å². The molecule has 5 nitrogen and oxygen atoms in total. The number of aryl methyl sites for hydroxylation is 2. The second-order valence-corrected chi connectivity index (χ2v) is 9.48. The molecule has 0 saturated heterocycles. The first-order valence-corrected chi connectivity index (χ1v) is 11.6. The molecule has 0 unspecified atom stereocenters. The molecule has 0 bridgehead atoms. The number of pyridine rings is 1. The number of aromatic nitrogens is 1. The highest BCUT2D eigenvalue weighted by molar-refractivity contribution is 7.19. The van der Waals surface area contributed by atoms with Gasteiger partial charge in [-0.25, -0.2) is 4.98 Å². The largest absolute Gasteiger partial charge is 0.481 e. The predicted octanol–water partition coefficient (Wildman–Crippen LogP) is 5.28. The van der Waals surface area contributed by atoms with E-state index in [4.69, 9.17) is 10.1 Å². The molecule has 0 fully saturated rings. The van der Waals surface area contributed by atoms with Crippen molar-refractivity contribution in [1.82, 2.24) is 9.88 Å². The number of carbonyl (C=O) groups excluding carboxylic acids is 1. The van der Waals surface area contributed by atoms with Crippen molar-refractivity contribution in [2.24, 2.45) is 0 Å². The van der Waals surface area contributed by atoms with Crippen LogP contribution in [0, 0.1) is 13.8 Å². The van der Waals surface area contributed by atoms with E-state index in [1.807, 2.05) is 4.90 Å². The SMILES string of the molecule is CC(=O)N1CCc2c(sc3nc(C)c(CCCCC(=O)O)c(-c4ccc(C)cc4)c23)C1. The molecule has 0 radical (unpaired) electrons. The number of aliphatic carboxylic acids is 1. The van der Waals surface area contributed by atoms with Crippen LogP contribution in [0.25, 0.3) is 21.3 Å². The topological polar surface area (TPSA) is 70.5 Å². The van der Waals surface area contributed by atoms with Gasteiger partial charge in [-0.1, -0.05) is 29.8 Å². The van der Waals surface area contributed by atoms with Crippen molar-refractivity contribution in [3.05, 3.63) is 51.5 Å². The van der Waals surface area contributed by atoms with Gasteiger partial charge in [-0.15, -0.1) is 11.3 Å². The van der Waals surface area contributed by atoms with Crippen LogP contribution in [0.2, 0.25) is 0 Å². The number of rotatable bonds is 6. The number of nitrogens with zero attached hydrogens (tertiary/aromatic N) is 2. The molecule has 6 heteroatoms. The lowest BCUT2D eigenvalue weighted by Gasteiger charge is -2.26. The molecular formula is C25H28N2O3S. The highest BCUT2D eigenvalue weighted by Crippen LogP contribution is 2.42. The molecule has 1 aliphatic heterocycles. The maximum atomic E-state index is 11.9. The highest BCUT2D eigenvalue weighted by Gasteiger charge is 2.26. The van der Waals surface area contributed by atoms with Crippen molar-refractivity contribution in [3.8, 4) is 11.1 Å². The van der Waals surface area contributed by atoms with Crippen LogP contribution in [-0.2, 0) is 29.0 Å². The lowest BCUT2D eigenvalue weighted by atomic mass is 9.89. The summed E-state index contributed by atoms with van der Waals surface area (Å²) < 4.78 is 0. The molecule has 3 heterocycles. The first-order chi connectivity index (χ1) is 14.8. The average Bonchev–Trinajstić information content (AvgIpc) is 3.08. The smallest absolute Gasteiger partial charge is 0.303 e. The summed E-state index contributed by atoms with van der Waals surface area (Å²) in [6.45, 7) is 7.18. The number of amides is 1. The number of carboxylic acid groups (broad SMARTS) is 1. The van der Waals surface area contributed by atoms with Crippen LogP contribution in [0.5, 0.6) is 0 Å². The van der Waals surface area contributed by atoms with Gasteiger partial charge in [0.15, 0.2) is 0 Å². The van der Waals surface area contributed by atoms with Gasteiger partial charge in [0.2, 0.25) is 5.91 Å². The van der Waals surface area contributed by atoms with Gasteiger partial charge < -0.3 is 10.0 Å². The molecule has 1 N–H and O–H groups in total. The van der Waals surface area contributed by atoms with Crippen LogP contribution in [0.15, 0.2) is 24.3 Å². The summed E-state index contributed by atoms with van der Waals surface area (Å²) >= 11 is 1.71. The van der Waals surface area contributed by atoms with Crippen molar-refractivity contribution in [2.45, 2.75) is 59.4 Å². The Morgan fingerprint density at radius 1 is 1.16 bits per heavy atom. The Balaban J connectivity index is 1.85. The molecule has 162 valence electrons. The fourth-order valence-electron chi connectivity index (χ4n) is 4.47.